The van der Waals surface area contributed by atoms with E-state index < -0.39 is 0 Å². The van der Waals surface area contributed by atoms with Crippen molar-refractivity contribution in [2.24, 2.45) is 5.92 Å². The van der Waals surface area contributed by atoms with E-state index >= 15 is 0 Å². The summed E-state index contributed by atoms with van der Waals surface area (Å²) in [7, 11) is 1.57. The van der Waals surface area contributed by atoms with E-state index in [0.717, 1.165) is 47.4 Å². The molecule has 3 aromatic rings. The molecule has 3 saturated carbocycles. The molecule has 38 heavy (non-hydrogen) atoms. The van der Waals surface area contributed by atoms with E-state index in [9.17, 15) is 19.1 Å². The fourth-order valence-electron chi connectivity index (χ4n) is 6.08. The van der Waals surface area contributed by atoms with E-state index in [1.54, 1.807) is 13.1 Å². The number of benzene rings is 2. The molecule has 0 unspecified atom stereocenters. The van der Waals surface area contributed by atoms with Crippen LogP contribution in [-0.2, 0) is 6.42 Å². The molecule has 3 fully saturated rings. The summed E-state index contributed by atoms with van der Waals surface area (Å²) in [6.07, 6.45) is 8.18. The van der Waals surface area contributed by atoms with Gasteiger partial charge >= 0.3 is 0 Å². The minimum atomic E-state index is -0.282. The molecular formula is C31H31FN2O4. The molecule has 3 N–H and O–H groups in total. The average molecular weight is 515 g/mol. The fourth-order valence-corrected chi connectivity index (χ4v) is 6.08. The summed E-state index contributed by atoms with van der Waals surface area (Å²) in [6, 6.07) is 11.4. The first-order valence-electron chi connectivity index (χ1n) is 13.3. The van der Waals surface area contributed by atoms with Gasteiger partial charge in [0.15, 0.2) is 0 Å². The predicted octanol–water partition coefficient (Wildman–Crippen LogP) is 5.70. The lowest BCUT2D eigenvalue weighted by Crippen LogP contribution is -2.68. The van der Waals surface area contributed by atoms with Crippen LogP contribution in [0.25, 0.3) is 27.7 Å². The molecule has 4 aliphatic carbocycles. The number of allylic oxidation sites excluding steroid dienone is 4. The first-order chi connectivity index (χ1) is 18.4. The van der Waals surface area contributed by atoms with Gasteiger partial charge in [0.2, 0.25) is 0 Å². The van der Waals surface area contributed by atoms with Crippen LogP contribution in [0.5, 0.6) is 0 Å². The summed E-state index contributed by atoms with van der Waals surface area (Å²) in [4.78, 5) is 26.1. The van der Waals surface area contributed by atoms with Gasteiger partial charge in [-0.1, -0.05) is 18.2 Å². The number of fused-ring (bicyclic) bond motifs is 1. The molecule has 2 aromatic carbocycles. The Kier molecular flexibility index (Phi) is 6.19. The summed E-state index contributed by atoms with van der Waals surface area (Å²) in [5, 5.41) is 16.1. The highest BCUT2D eigenvalue weighted by Gasteiger charge is 2.57. The zero-order valence-corrected chi connectivity index (χ0v) is 21.4. The van der Waals surface area contributed by atoms with Crippen molar-refractivity contribution in [1.82, 2.24) is 10.6 Å². The largest absolute Gasteiger partial charge is 0.456 e. The zero-order chi connectivity index (χ0) is 26.4. The van der Waals surface area contributed by atoms with Crippen molar-refractivity contribution in [3.05, 3.63) is 76.8 Å². The van der Waals surface area contributed by atoms with Crippen molar-refractivity contribution < 1.29 is 23.5 Å². The van der Waals surface area contributed by atoms with Crippen LogP contribution in [0.3, 0.4) is 0 Å². The van der Waals surface area contributed by atoms with Crippen molar-refractivity contribution in [2.45, 2.75) is 50.5 Å². The third-order valence-corrected chi connectivity index (χ3v) is 8.22. The second kappa shape index (κ2) is 9.55. The van der Waals surface area contributed by atoms with Gasteiger partial charge in [0, 0.05) is 36.6 Å². The van der Waals surface area contributed by atoms with Crippen molar-refractivity contribution >= 4 is 28.4 Å². The van der Waals surface area contributed by atoms with Gasteiger partial charge in [-0.2, -0.15) is 0 Å². The van der Waals surface area contributed by atoms with Crippen LogP contribution in [0.4, 0.5) is 4.39 Å². The lowest BCUT2D eigenvalue weighted by Gasteiger charge is -2.61. The Bertz CT molecular complexity index is 1500. The molecule has 2 amide bonds. The van der Waals surface area contributed by atoms with Crippen LogP contribution < -0.4 is 10.6 Å². The van der Waals surface area contributed by atoms with E-state index in [-0.39, 0.29) is 36.2 Å². The number of hydrogen-bond donors (Lipinski definition) is 3. The molecule has 0 saturated heterocycles. The number of furan rings is 1. The number of halogens is 1. The van der Waals surface area contributed by atoms with E-state index in [1.165, 1.54) is 6.08 Å². The van der Waals surface area contributed by atoms with E-state index in [4.69, 9.17) is 4.42 Å². The third-order valence-electron chi connectivity index (χ3n) is 8.22. The number of aryl methyl sites for hydroxylation is 1. The van der Waals surface area contributed by atoms with Gasteiger partial charge in [-0.3, -0.25) is 9.59 Å². The van der Waals surface area contributed by atoms with Crippen LogP contribution in [0.2, 0.25) is 0 Å². The van der Waals surface area contributed by atoms with Gasteiger partial charge < -0.3 is 20.2 Å². The normalized spacial score (nSPS) is 21.7. The van der Waals surface area contributed by atoms with Crippen molar-refractivity contribution in [2.75, 3.05) is 13.7 Å². The zero-order valence-electron chi connectivity index (χ0n) is 21.4. The summed E-state index contributed by atoms with van der Waals surface area (Å²) < 4.78 is 19.9. The summed E-state index contributed by atoms with van der Waals surface area (Å²) >= 11 is 0. The molecule has 4 aliphatic rings. The second-order valence-corrected chi connectivity index (χ2v) is 10.8. The molecule has 2 bridgehead atoms. The topological polar surface area (TPSA) is 91.6 Å². The molecule has 0 aliphatic heterocycles. The second-order valence-electron chi connectivity index (χ2n) is 10.8. The molecular weight excluding hydrogens is 483 g/mol. The van der Waals surface area contributed by atoms with Crippen LogP contribution in [0, 0.1) is 5.92 Å². The van der Waals surface area contributed by atoms with Crippen LogP contribution in [0.15, 0.2) is 58.8 Å². The number of carbonyl (C=O) groups excluding carboxylic acids is 2. The van der Waals surface area contributed by atoms with Gasteiger partial charge in [0.1, 0.15) is 17.2 Å². The van der Waals surface area contributed by atoms with Gasteiger partial charge in [-0.15, -0.1) is 0 Å². The van der Waals surface area contributed by atoms with Crippen LogP contribution >= 0.6 is 0 Å². The monoisotopic (exact) mass is 514 g/mol. The van der Waals surface area contributed by atoms with Gasteiger partial charge in [0.05, 0.1) is 5.56 Å². The summed E-state index contributed by atoms with van der Waals surface area (Å²) in [5.41, 5.74) is 5.03. The van der Waals surface area contributed by atoms with E-state index in [1.807, 2.05) is 36.4 Å². The lowest BCUT2D eigenvalue weighted by molar-refractivity contribution is -0.0438. The van der Waals surface area contributed by atoms with Crippen molar-refractivity contribution in [3.8, 4) is 11.1 Å². The molecule has 6 nitrogen and oxygen atoms in total. The van der Waals surface area contributed by atoms with Crippen LogP contribution in [0.1, 0.15) is 70.6 Å². The highest BCUT2D eigenvalue weighted by Crippen LogP contribution is 2.57. The van der Waals surface area contributed by atoms with Gasteiger partial charge in [-0.25, -0.2) is 4.39 Å². The lowest BCUT2D eigenvalue weighted by atomic mass is 9.50. The fraction of sp³-hybridized carbons (Fsp3) is 0.355. The molecule has 0 atom stereocenters. The molecule has 196 valence electrons. The third kappa shape index (κ3) is 4.25. The number of hydrogen-bond acceptors (Lipinski definition) is 4. The molecule has 7 heteroatoms. The maximum Gasteiger partial charge on any atom is 0.255 e. The van der Waals surface area contributed by atoms with Crippen LogP contribution in [-0.4, -0.2) is 36.1 Å². The number of aliphatic hydroxyl groups is 1. The predicted molar refractivity (Wildman–Crippen MR) is 144 cm³/mol. The van der Waals surface area contributed by atoms with Gasteiger partial charge in [0.25, 0.3) is 11.8 Å². The maximum atomic E-state index is 13.7. The Labute approximate surface area is 220 Å². The SMILES string of the molecule is CNC(=O)c1c(C2=CC=C(F)CC2)oc2cc(CCCO)c(-c3cccc(C(=O)NC45CC(C4)C5)c3)cc12. The first kappa shape index (κ1) is 24.6. The Balaban J connectivity index is 1.45. The highest BCUT2D eigenvalue weighted by atomic mass is 19.1. The van der Waals surface area contributed by atoms with E-state index in [0.29, 0.717) is 47.1 Å². The minimum Gasteiger partial charge on any atom is -0.456 e. The molecule has 1 heterocycles. The van der Waals surface area contributed by atoms with Crippen molar-refractivity contribution in [1.29, 1.82) is 0 Å². The number of amides is 2. The maximum absolute atomic E-state index is 13.7. The van der Waals surface area contributed by atoms with Gasteiger partial charge in [-0.05, 0) is 97.0 Å². The summed E-state index contributed by atoms with van der Waals surface area (Å²) in [5.74, 6) is 0.675. The number of carbonyl (C=O) groups is 2. The average Bonchev–Trinajstić information content (AvgIpc) is 3.26. The molecule has 1 aromatic heterocycles. The number of aliphatic hydroxyl groups excluding tert-OH is 1. The molecule has 0 spiro atoms. The number of rotatable bonds is 8. The minimum absolute atomic E-state index is 0.00946. The standard InChI is InChI=1S/C31H31FN2O4/c1-33-30(37)27-25-14-24(20-4-2-5-22(12-20)29(36)34-31-15-18(16-31)17-31)21(6-3-11-35)13-26(25)38-28(27)19-7-9-23(32)10-8-19/h2,4-5,7,9,12-14,18,35H,3,6,8,10-11,15-17H2,1H3,(H,33,37)(H,34,36). The molecule has 7 rings (SSSR count). The van der Waals surface area contributed by atoms with E-state index in [2.05, 4.69) is 10.6 Å². The summed E-state index contributed by atoms with van der Waals surface area (Å²) in [6.45, 7) is 0.0423. The Morgan fingerprint density at radius 1 is 1.11 bits per heavy atom. The Hall–Kier alpha value is -3.71. The Morgan fingerprint density at radius 2 is 1.92 bits per heavy atom. The quantitative estimate of drug-likeness (QED) is 0.360. The number of nitrogens with one attached hydrogen (secondary N) is 2. The first-order valence-corrected chi connectivity index (χ1v) is 13.3. The highest BCUT2D eigenvalue weighted by molar-refractivity contribution is 6.11. The van der Waals surface area contributed by atoms with Crippen molar-refractivity contribution in [3.63, 3.8) is 0 Å². The molecule has 0 radical (unpaired) electrons. The Morgan fingerprint density at radius 3 is 2.58 bits per heavy atom. The smallest absolute Gasteiger partial charge is 0.255 e.